The number of hydrogen-bond acceptors (Lipinski definition) is 4. The quantitative estimate of drug-likeness (QED) is 0.859. The molecule has 0 aromatic heterocycles. The third-order valence-electron chi connectivity index (χ3n) is 6.34. The zero-order valence-corrected chi connectivity index (χ0v) is 17.2. The van der Waals surface area contributed by atoms with Crippen LogP contribution < -0.4 is 0 Å². The van der Waals surface area contributed by atoms with Crippen LogP contribution in [0.15, 0.2) is 18.2 Å². The van der Waals surface area contributed by atoms with Gasteiger partial charge in [0.25, 0.3) is 5.91 Å². The molecule has 2 aliphatic heterocycles. The van der Waals surface area contributed by atoms with Gasteiger partial charge in [0.2, 0.25) is 0 Å². The molecule has 3 rings (SSSR count). The molecule has 2 saturated heterocycles. The van der Waals surface area contributed by atoms with Crippen LogP contribution in [0.1, 0.15) is 40.7 Å². The van der Waals surface area contributed by atoms with Crippen LogP contribution in [-0.4, -0.2) is 84.7 Å². The van der Waals surface area contributed by atoms with E-state index in [1.54, 1.807) is 0 Å². The topological polar surface area (TPSA) is 47.0 Å². The van der Waals surface area contributed by atoms with E-state index in [9.17, 15) is 9.90 Å². The zero-order chi connectivity index (χ0) is 19.4. The molecule has 0 aliphatic carbocycles. The van der Waals surface area contributed by atoms with Gasteiger partial charge < -0.3 is 14.9 Å². The predicted molar refractivity (Wildman–Crippen MR) is 109 cm³/mol. The van der Waals surface area contributed by atoms with Gasteiger partial charge in [-0.1, -0.05) is 17.7 Å². The van der Waals surface area contributed by atoms with Gasteiger partial charge in [0, 0.05) is 57.5 Å². The number of nitrogens with zero attached hydrogens (tertiary/aromatic N) is 3. The Hall–Kier alpha value is -1.43. The second kappa shape index (κ2) is 9.18. The Bertz CT molecular complexity index is 640. The summed E-state index contributed by atoms with van der Waals surface area (Å²) in [6.45, 7) is 10.4. The van der Waals surface area contributed by atoms with E-state index >= 15 is 0 Å². The number of benzene rings is 1. The van der Waals surface area contributed by atoms with Crippen molar-refractivity contribution in [3.63, 3.8) is 0 Å². The summed E-state index contributed by atoms with van der Waals surface area (Å²) in [7, 11) is 2.19. The van der Waals surface area contributed by atoms with Gasteiger partial charge >= 0.3 is 0 Å². The molecule has 0 bridgehead atoms. The monoisotopic (exact) mass is 373 g/mol. The van der Waals surface area contributed by atoms with Gasteiger partial charge in [0.05, 0.1) is 0 Å². The lowest BCUT2D eigenvalue weighted by atomic mass is 9.86. The highest BCUT2D eigenvalue weighted by Gasteiger charge is 2.35. The maximum absolute atomic E-state index is 13.2. The minimum Gasteiger partial charge on any atom is -0.396 e. The second-order valence-corrected chi connectivity index (χ2v) is 8.39. The summed E-state index contributed by atoms with van der Waals surface area (Å²) in [6, 6.07) is 6.67. The highest BCUT2D eigenvalue weighted by atomic mass is 16.3. The molecule has 150 valence electrons. The summed E-state index contributed by atoms with van der Waals surface area (Å²) in [5, 5.41) is 9.35. The standard InChI is InChI=1S/C22H35N3O2/c1-17-6-7-18(2)20(15-17)22(27)25-9-8-21(19(16-25)5-4-14-26)24-12-10-23(3)11-13-24/h6-7,15,19,21,26H,4-5,8-14,16H2,1-3H3/t19-,21+/m1/s1. The van der Waals surface area contributed by atoms with E-state index in [0.29, 0.717) is 12.0 Å². The Kier molecular flexibility index (Phi) is 6.90. The number of aryl methyl sites for hydroxylation is 2. The highest BCUT2D eigenvalue weighted by molar-refractivity contribution is 5.95. The Morgan fingerprint density at radius 3 is 2.59 bits per heavy atom. The fraction of sp³-hybridized carbons (Fsp3) is 0.682. The van der Waals surface area contributed by atoms with E-state index in [1.807, 2.05) is 26.0 Å². The van der Waals surface area contributed by atoms with Crippen LogP contribution in [0.3, 0.4) is 0 Å². The second-order valence-electron chi connectivity index (χ2n) is 8.39. The summed E-state index contributed by atoms with van der Waals surface area (Å²) < 4.78 is 0. The number of aliphatic hydroxyl groups is 1. The molecule has 5 nitrogen and oxygen atoms in total. The van der Waals surface area contributed by atoms with Crippen molar-refractivity contribution in [1.82, 2.24) is 14.7 Å². The maximum atomic E-state index is 13.2. The predicted octanol–water partition coefficient (Wildman–Crippen LogP) is 2.15. The summed E-state index contributed by atoms with van der Waals surface area (Å²) in [4.78, 5) is 20.2. The first-order valence-electron chi connectivity index (χ1n) is 10.4. The molecule has 0 radical (unpaired) electrons. The van der Waals surface area contributed by atoms with E-state index in [4.69, 9.17) is 0 Å². The molecule has 2 atom stereocenters. The number of rotatable bonds is 5. The number of likely N-dealkylation sites (tertiary alicyclic amines) is 1. The zero-order valence-electron chi connectivity index (χ0n) is 17.2. The Balaban J connectivity index is 1.71. The van der Waals surface area contributed by atoms with Crippen LogP contribution in [0, 0.1) is 19.8 Å². The number of likely N-dealkylation sites (N-methyl/N-ethyl adjacent to an activating group) is 1. The van der Waals surface area contributed by atoms with Gasteiger partial charge in [-0.05, 0) is 57.7 Å². The molecular formula is C22H35N3O2. The first-order chi connectivity index (χ1) is 13.0. The van der Waals surface area contributed by atoms with Crippen LogP contribution in [-0.2, 0) is 0 Å². The average molecular weight is 374 g/mol. The van der Waals surface area contributed by atoms with Crippen molar-refractivity contribution in [2.24, 2.45) is 5.92 Å². The van der Waals surface area contributed by atoms with Crippen molar-refractivity contribution < 1.29 is 9.90 Å². The Labute approximate surface area is 163 Å². The Morgan fingerprint density at radius 1 is 1.15 bits per heavy atom. The minimum atomic E-state index is 0.169. The highest BCUT2D eigenvalue weighted by Crippen LogP contribution is 2.28. The molecule has 2 heterocycles. The van der Waals surface area contributed by atoms with Crippen LogP contribution in [0.2, 0.25) is 0 Å². The molecule has 27 heavy (non-hydrogen) atoms. The largest absolute Gasteiger partial charge is 0.396 e. The molecule has 1 aromatic rings. The van der Waals surface area contributed by atoms with Crippen molar-refractivity contribution in [3.8, 4) is 0 Å². The number of piperazine rings is 1. The SMILES string of the molecule is Cc1ccc(C)c(C(=O)N2CC[C@H](N3CCN(C)CC3)[C@H](CCCO)C2)c1. The van der Waals surface area contributed by atoms with Gasteiger partial charge in [0.15, 0.2) is 0 Å². The number of carbonyl (C=O) groups is 1. The number of amides is 1. The van der Waals surface area contributed by atoms with E-state index in [-0.39, 0.29) is 12.5 Å². The molecule has 0 unspecified atom stereocenters. The normalized spacial score (nSPS) is 25.0. The van der Waals surface area contributed by atoms with Crippen molar-refractivity contribution in [2.75, 3.05) is 52.9 Å². The van der Waals surface area contributed by atoms with Gasteiger partial charge in [0.1, 0.15) is 0 Å². The summed E-state index contributed by atoms with van der Waals surface area (Å²) in [6.07, 6.45) is 2.85. The van der Waals surface area contributed by atoms with Crippen molar-refractivity contribution in [3.05, 3.63) is 34.9 Å². The fourth-order valence-corrected chi connectivity index (χ4v) is 4.61. The van der Waals surface area contributed by atoms with Crippen LogP contribution in [0.25, 0.3) is 0 Å². The summed E-state index contributed by atoms with van der Waals surface area (Å²) in [5.41, 5.74) is 3.03. The molecule has 5 heteroatoms. The van der Waals surface area contributed by atoms with Crippen LogP contribution >= 0.6 is 0 Å². The summed E-state index contributed by atoms with van der Waals surface area (Å²) >= 11 is 0. The molecule has 1 aromatic carbocycles. The lowest BCUT2D eigenvalue weighted by Crippen LogP contribution is -2.57. The fourth-order valence-electron chi connectivity index (χ4n) is 4.61. The average Bonchev–Trinajstić information content (AvgIpc) is 2.68. The molecule has 2 fully saturated rings. The smallest absolute Gasteiger partial charge is 0.254 e. The molecule has 1 N–H and O–H groups in total. The van der Waals surface area contributed by atoms with Gasteiger partial charge in [-0.25, -0.2) is 0 Å². The van der Waals surface area contributed by atoms with Crippen molar-refractivity contribution in [2.45, 2.75) is 39.2 Å². The van der Waals surface area contributed by atoms with E-state index in [0.717, 1.165) is 75.2 Å². The van der Waals surface area contributed by atoms with E-state index in [2.05, 4.69) is 27.8 Å². The number of hydrogen-bond donors (Lipinski definition) is 1. The molecular weight excluding hydrogens is 338 g/mol. The lowest BCUT2D eigenvalue weighted by Gasteiger charge is -2.46. The number of aliphatic hydroxyl groups excluding tert-OH is 1. The number of piperidine rings is 1. The van der Waals surface area contributed by atoms with Crippen LogP contribution in [0.5, 0.6) is 0 Å². The third kappa shape index (κ3) is 4.89. The van der Waals surface area contributed by atoms with Crippen LogP contribution in [0.4, 0.5) is 0 Å². The summed E-state index contributed by atoms with van der Waals surface area (Å²) in [5.74, 6) is 0.616. The first-order valence-corrected chi connectivity index (χ1v) is 10.4. The van der Waals surface area contributed by atoms with Gasteiger partial charge in [-0.2, -0.15) is 0 Å². The van der Waals surface area contributed by atoms with Gasteiger partial charge in [-0.15, -0.1) is 0 Å². The Morgan fingerprint density at radius 2 is 1.89 bits per heavy atom. The van der Waals surface area contributed by atoms with Crippen molar-refractivity contribution >= 4 is 5.91 Å². The molecule has 1 amide bonds. The van der Waals surface area contributed by atoms with Crippen molar-refractivity contribution in [1.29, 1.82) is 0 Å². The third-order valence-corrected chi connectivity index (χ3v) is 6.34. The molecule has 0 saturated carbocycles. The molecule has 0 spiro atoms. The molecule has 2 aliphatic rings. The van der Waals surface area contributed by atoms with E-state index < -0.39 is 0 Å². The maximum Gasteiger partial charge on any atom is 0.254 e. The minimum absolute atomic E-state index is 0.169. The first kappa shape index (κ1) is 20.3. The lowest BCUT2D eigenvalue weighted by molar-refractivity contribution is 0.0217. The van der Waals surface area contributed by atoms with Gasteiger partial charge in [-0.3, -0.25) is 9.69 Å². The number of carbonyl (C=O) groups excluding carboxylic acids is 1. The van der Waals surface area contributed by atoms with E-state index in [1.165, 1.54) is 0 Å².